The number of hydrogen-bond donors (Lipinski definition) is 3. The van der Waals surface area contributed by atoms with Crippen molar-refractivity contribution in [3.63, 3.8) is 0 Å². The third-order valence-corrected chi connectivity index (χ3v) is 1.52. The first-order valence-corrected chi connectivity index (χ1v) is 3.43. The number of benzene rings is 1. The SMILES string of the molecule is COc1cc(N)ccc1C(=N)N. The Hall–Kier alpha value is -1.71. The molecule has 4 heteroatoms. The molecule has 0 radical (unpaired) electrons. The first-order valence-electron chi connectivity index (χ1n) is 3.43. The predicted octanol–water partition coefficient (Wildman–Crippen LogP) is 0.561. The quantitative estimate of drug-likeness (QED) is 0.340. The fraction of sp³-hybridized carbons (Fsp3) is 0.125. The zero-order valence-corrected chi connectivity index (χ0v) is 6.79. The summed E-state index contributed by atoms with van der Waals surface area (Å²) in [4.78, 5) is 0. The van der Waals surface area contributed by atoms with Crippen LogP contribution in [-0.2, 0) is 0 Å². The van der Waals surface area contributed by atoms with Gasteiger partial charge in [-0.15, -0.1) is 0 Å². The number of amidine groups is 1. The van der Waals surface area contributed by atoms with Crippen molar-refractivity contribution < 1.29 is 4.74 Å². The highest BCUT2D eigenvalue weighted by atomic mass is 16.5. The maximum Gasteiger partial charge on any atom is 0.131 e. The maximum atomic E-state index is 7.21. The van der Waals surface area contributed by atoms with Crippen molar-refractivity contribution in [1.29, 1.82) is 5.41 Å². The molecule has 1 aromatic rings. The predicted molar refractivity (Wildman–Crippen MR) is 48.4 cm³/mol. The van der Waals surface area contributed by atoms with Gasteiger partial charge in [-0.2, -0.15) is 0 Å². The normalized spacial score (nSPS) is 9.42. The van der Waals surface area contributed by atoms with Gasteiger partial charge < -0.3 is 16.2 Å². The number of anilines is 1. The van der Waals surface area contributed by atoms with Crippen LogP contribution in [0.1, 0.15) is 5.56 Å². The summed E-state index contributed by atoms with van der Waals surface area (Å²) in [6.07, 6.45) is 0. The van der Waals surface area contributed by atoms with Crippen molar-refractivity contribution >= 4 is 11.5 Å². The lowest BCUT2D eigenvalue weighted by Gasteiger charge is -2.06. The molecular formula is C8H11N3O. The van der Waals surface area contributed by atoms with E-state index in [4.69, 9.17) is 21.6 Å². The molecule has 0 aliphatic heterocycles. The average Bonchev–Trinajstić information content (AvgIpc) is 2.03. The van der Waals surface area contributed by atoms with Gasteiger partial charge in [0.15, 0.2) is 0 Å². The first-order chi connectivity index (χ1) is 5.65. The van der Waals surface area contributed by atoms with Gasteiger partial charge in [0.2, 0.25) is 0 Å². The van der Waals surface area contributed by atoms with E-state index in [1.807, 2.05) is 0 Å². The summed E-state index contributed by atoms with van der Waals surface area (Å²) in [6, 6.07) is 4.98. The number of methoxy groups -OCH3 is 1. The van der Waals surface area contributed by atoms with Gasteiger partial charge in [0.1, 0.15) is 11.6 Å². The van der Waals surface area contributed by atoms with E-state index in [1.165, 1.54) is 7.11 Å². The minimum Gasteiger partial charge on any atom is -0.496 e. The molecule has 0 fully saturated rings. The lowest BCUT2D eigenvalue weighted by molar-refractivity contribution is 0.414. The molecule has 0 aliphatic rings. The monoisotopic (exact) mass is 165 g/mol. The first kappa shape index (κ1) is 8.39. The fourth-order valence-electron chi connectivity index (χ4n) is 0.930. The molecule has 64 valence electrons. The van der Waals surface area contributed by atoms with Crippen molar-refractivity contribution in [2.75, 3.05) is 12.8 Å². The number of ether oxygens (including phenoxy) is 1. The standard InChI is InChI=1S/C8H11N3O/c1-12-7-4-5(9)2-3-6(7)8(10)11/h2-4H,9H2,1H3,(H3,10,11). The topological polar surface area (TPSA) is 85.1 Å². The Labute approximate surface area is 70.6 Å². The third-order valence-electron chi connectivity index (χ3n) is 1.52. The molecule has 0 atom stereocenters. The molecule has 1 rings (SSSR count). The van der Waals surface area contributed by atoms with E-state index in [-0.39, 0.29) is 5.84 Å². The lowest BCUT2D eigenvalue weighted by atomic mass is 10.1. The van der Waals surface area contributed by atoms with Gasteiger partial charge in [-0.1, -0.05) is 0 Å². The van der Waals surface area contributed by atoms with Crippen LogP contribution < -0.4 is 16.2 Å². The number of rotatable bonds is 2. The summed E-state index contributed by atoms with van der Waals surface area (Å²) in [5, 5.41) is 7.21. The summed E-state index contributed by atoms with van der Waals surface area (Å²) < 4.78 is 4.99. The van der Waals surface area contributed by atoms with Crippen molar-refractivity contribution in [3.8, 4) is 5.75 Å². The van der Waals surface area contributed by atoms with Crippen LogP contribution in [0.4, 0.5) is 5.69 Å². The van der Waals surface area contributed by atoms with Crippen LogP contribution in [0.3, 0.4) is 0 Å². The van der Waals surface area contributed by atoms with Crippen LogP contribution in [0.5, 0.6) is 5.75 Å². The largest absolute Gasteiger partial charge is 0.496 e. The molecule has 0 bridgehead atoms. The molecule has 0 aromatic heterocycles. The minimum absolute atomic E-state index is 0.0214. The van der Waals surface area contributed by atoms with Gasteiger partial charge in [-0.25, -0.2) is 0 Å². The van der Waals surface area contributed by atoms with Crippen molar-refractivity contribution in [2.24, 2.45) is 5.73 Å². The third kappa shape index (κ3) is 1.47. The molecule has 5 N–H and O–H groups in total. The second-order valence-corrected chi connectivity index (χ2v) is 2.37. The Balaban J connectivity index is 3.20. The number of nitrogens with two attached hydrogens (primary N) is 2. The van der Waals surface area contributed by atoms with Crippen molar-refractivity contribution in [1.82, 2.24) is 0 Å². The summed E-state index contributed by atoms with van der Waals surface area (Å²) in [5.41, 5.74) is 12.0. The highest BCUT2D eigenvalue weighted by Gasteiger charge is 2.04. The zero-order valence-electron chi connectivity index (χ0n) is 6.79. The van der Waals surface area contributed by atoms with Crippen LogP contribution >= 0.6 is 0 Å². The van der Waals surface area contributed by atoms with Crippen molar-refractivity contribution in [2.45, 2.75) is 0 Å². The number of nitrogens with one attached hydrogen (secondary N) is 1. The Bertz CT molecular complexity index is 309. The Kier molecular flexibility index (Phi) is 2.19. The van der Waals surface area contributed by atoms with Gasteiger partial charge in [0.25, 0.3) is 0 Å². The lowest BCUT2D eigenvalue weighted by Crippen LogP contribution is -2.12. The highest BCUT2D eigenvalue weighted by molar-refractivity contribution is 5.98. The molecule has 0 aliphatic carbocycles. The summed E-state index contributed by atoms with van der Waals surface area (Å²) >= 11 is 0. The molecule has 1 aromatic carbocycles. The van der Waals surface area contributed by atoms with Gasteiger partial charge in [-0.3, -0.25) is 5.41 Å². The molecule has 0 amide bonds. The summed E-state index contributed by atoms with van der Waals surface area (Å²) in [7, 11) is 1.52. The fourth-order valence-corrected chi connectivity index (χ4v) is 0.930. The van der Waals surface area contributed by atoms with Crippen LogP contribution in [0, 0.1) is 5.41 Å². The minimum atomic E-state index is -0.0214. The molecule has 0 spiro atoms. The van der Waals surface area contributed by atoms with Crippen LogP contribution in [0.2, 0.25) is 0 Å². The second-order valence-electron chi connectivity index (χ2n) is 2.37. The van der Waals surface area contributed by atoms with Gasteiger partial charge >= 0.3 is 0 Å². The molecule has 0 saturated heterocycles. The molecular weight excluding hydrogens is 154 g/mol. The van der Waals surface area contributed by atoms with Crippen LogP contribution in [0.25, 0.3) is 0 Å². The zero-order chi connectivity index (χ0) is 9.14. The summed E-state index contributed by atoms with van der Waals surface area (Å²) in [5.74, 6) is 0.509. The highest BCUT2D eigenvalue weighted by Crippen LogP contribution is 2.20. The van der Waals surface area contributed by atoms with Gasteiger partial charge in [-0.05, 0) is 12.1 Å². The molecule has 0 unspecified atom stereocenters. The van der Waals surface area contributed by atoms with E-state index in [1.54, 1.807) is 18.2 Å². The smallest absolute Gasteiger partial charge is 0.131 e. The number of hydrogen-bond acceptors (Lipinski definition) is 3. The molecule has 12 heavy (non-hydrogen) atoms. The van der Waals surface area contributed by atoms with Gasteiger partial charge in [0.05, 0.1) is 12.7 Å². The number of nitrogen functional groups attached to an aromatic ring is 2. The average molecular weight is 165 g/mol. The van der Waals surface area contributed by atoms with Gasteiger partial charge in [0, 0.05) is 11.8 Å². The Morgan fingerprint density at radius 1 is 1.50 bits per heavy atom. The van der Waals surface area contributed by atoms with E-state index in [9.17, 15) is 0 Å². The van der Waals surface area contributed by atoms with E-state index < -0.39 is 0 Å². The van der Waals surface area contributed by atoms with E-state index >= 15 is 0 Å². The van der Waals surface area contributed by atoms with E-state index in [0.717, 1.165) is 0 Å². The van der Waals surface area contributed by atoms with E-state index in [0.29, 0.717) is 17.0 Å². The second kappa shape index (κ2) is 3.13. The van der Waals surface area contributed by atoms with Crippen LogP contribution in [0.15, 0.2) is 18.2 Å². The molecule has 0 heterocycles. The van der Waals surface area contributed by atoms with E-state index in [2.05, 4.69) is 0 Å². The molecule has 0 saturated carbocycles. The maximum absolute atomic E-state index is 7.21. The van der Waals surface area contributed by atoms with Crippen molar-refractivity contribution in [3.05, 3.63) is 23.8 Å². The Morgan fingerprint density at radius 3 is 2.67 bits per heavy atom. The Morgan fingerprint density at radius 2 is 2.17 bits per heavy atom. The van der Waals surface area contributed by atoms with Crippen LogP contribution in [-0.4, -0.2) is 12.9 Å². The summed E-state index contributed by atoms with van der Waals surface area (Å²) in [6.45, 7) is 0. The molecule has 4 nitrogen and oxygen atoms in total.